The number of carboxylic acid groups (broad SMARTS) is 2. The van der Waals surface area contributed by atoms with Gasteiger partial charge in [-0.2, -0.15) is 0 Å². The largest absolute Gasteiger partial charge is 0.481 e. The van der Waals surface area contributed by atoms with Crippen LogP contribution in [-0.2, 0) is 38.0 Å². The van der Waals surface area contributed by atoms with Crippen LogP contribution >= 0.6 is 0 Å². The molecule has 4 saturated carbocycles. The van der Waals surface area contributed by atoms with Crippen LogP contribution in [0.1, 0.15) is 120 Å². The molecule has 0 amide bonds. The highest BCUT2D eigenvalue weighted by Gasteiger charge is 2.70. The van der Waals surface area contributed by atoms with Crippen LogP contribution in [-0.4, -0.2) is 157 Å². The fourth-order valence-corrected chi connectivity index (χ4v) is 14.8. The Morgan fingerprint density at radius 3 is 2.00 bits per heavy atom. The molecule has 3 saturated heterocycles. The lowest BCUT2D eigenvalue weighted by Gasteiger charge is -2.71. The smallest absolute Gasteiger partial charge is 0.335 e. The minimum Gasteiger partial charge on any atom is -0.481 e. The van der Waals surface area contributed by atoms with Gasteiger partial charge in [-0.1, -0.05) is 60.1 Å². The first kappa shape index (κ1) is 48.6. The van der Waals surface area contributed by atoms with Crippen molar-refractivity contribution in [3.8, 4) is 0 Å². The van der Waals surface area contributed by atoms with Gasteiger partial charge in [0, 0.05) is 0 Å². The van der Waals surface area contributed by atoms with Gasteiger partial charge in [-0.3, -0.25) is 4.79 Å². The molecule has 8 rings (SSSR count). The van der Waals surface area contributed by atoms with Crippen LogP contribution in [0.4, 0.5) is 0 Å². The number of aliphatic carboxylic acids is 2. The minimum absolute atomic E-state index is 0.00977. The van der Waals surface area contributed by atoms with Crippen molar-refractivity contribution in [2.75, 3.05) is 6.61 Å². The summed E-state index contributed by atoms with van der Waals surface area (Å²) in [5.74, 6) is -1.85. The second-order valence-electron chi connectivity index (χ2n) is 23.0. The van der Waals surface area contributed by atoms with Crippen molar-refractivity contribution in [2.24, 2.45) is 50.2 Å². The van der Waals surface area contributed by atoms with Crippen LogP contribution in [0.2, 0.25) is 0 Å². The molecule has 22 atom stereocenters. The van der Waals surface area contributed by atoms with E-state index in [1.54, 1.807) is 0 Å². The summed E-state index contributed by atoms with van der Waals surface area (Å²) in [4.78, 5) is 25.9. The molecule has 0 spiro atoms. The molecule has 0 aromatic carbocycles. The highest BCUT2D eigenvalue weighted by Crippen LogP contribution is 2.76. The van der Waals surface area contributed by atoms with E-state index >= 15 is 0 Å². The third-order valence-electron chi connectivity index (χ3n) is 18.9. The first-order valence-electron chi connectivity index (χ1n) is 23.6. The van der Waals surface area contributed by atoms with Crippen LogP contribution in [0.25, 0.3) is 0 Å². The molecule has 5 aliphatic carbocycles. The second kappa shape index (κ2) is 16.7. The van der Waals surface area contributed by atoms with Crippen molar-refractivity contribution in [1.82, 2.24) is 0 Å². The molecular formula is C47H74O17. The van der Waals surface area contributed by atoms with Gasteiger partial charge < -0.3 is 74.4 Å². The number of carbonyl (C=O) groups is 2. The van der Waals surface area contributed by atoms with Gasteiger partial charge in [-0.15, -0.1) is 0 Å². The summed E-state index contributed by atoms with van der Waals surface area (Å²) < 4.78 is 36.5. The molecule has 64 heavy (non-hydrogen) atoms. The summed E-state index contributed by atoms with van der Waals surface area (Å²) in [6, 6.07) is 0. The highest BCUT2D eigenvalue weighted by molar-refractivity contribution is 5.76. The average Bonchev–Trinajstić information content (AvgIpc) is 3.21. The minimum atomic E-state index is -2.00. The van der Waals surface area contributed by atoms with E-state index in [1.165, 1.54) is 12.5 Å². The van der Waals surface area contributed by atoms with Gasteiger partial charge in [0.15, 0.2) is 25.0 Å². The lowest BCUT2D eigenvalue weighted by molar-refractivity contribution is -0.390. The van der Waals surface area contributed by atoms with Crippen LogP contribution < -0.4 is 0 Å². The molecule has 3 heterocycles. The van der Waals surface area contributed by atoms with E-state index in [9.17, 15) is 55.5 Å². The third-order valence-corrected chi connectivity index (χ3v) is 18.9. The zero-order valence-electron chi connectivity index (χ0n) is 38.5. The van der Waals surface area contributed by atoms with Crippen LogP contribution in [0.3, 0.4) is 0 Å². The molecule has 0 unspecified atom stereocenters. The van der Waals surface area contributed by atoms with E-state index in [4.69, 9.17) is 28.4 Å². The van der Waals surface area contributed by atoms with E-state index < -0.39 is 121 Å². The van der Waals surface area contributed by atoms with Crippen LogP contribution in [0.5, 0.6) is 0 Å². The zero-order valence-corrected chi connectivity index (χ0v) is 38.5. The molecule has 0 radical (unpaired) electrons. The van der Waals surface area contributed by atoms with Crippen molar-refractivity contribution in [3.63, 3.8) is 0 Å². The normalized spacial score (nSPS) is 53.4. The number of allylic oxidation sites excluding steroid dienone is 2. The van der Waals surface area contributed by atoms with Gasteiger partial charge in [0.25, 0.3) is 0 Å². The van der Waals surface area contributed by atoms with Gasteiger partial charge in [0.2, 0.25) is 0 Å². The molecule has 0 bridgehead atoms. The molecule has 8 aliphatic rings. The molecule has 3 aliphatic heterocycles. The summed E-state index contributed by atoms with van der Waals surface area (Å²) in [6.07, 6.45) is -13.6. The number of hydrogen-bond acceptors (Lipinski definition) is 15. The van der Waals surface area contributed by atoms with Crippen molar-refractivity contribution in [1.29, 1.82) is 0 Å². The first-order valence-corrected chi connectivity index (χ1v) is 23.6. The standard InChI is InChI=1S/C47H74O17/c1-21-28(49)30(51)32(53)39(60-21)62-34-33(54)35(37(55)56)63-40(36(34)64-38-31(52)29(50)24(48)20-59-38)61-27-12-13-44(6)25(43(27,4)5)11-14-46(8)26(44)10-9-22-23-19-42(2,3)15-17-47(23,41(57)58)18-16-45(22,46)7/h9,21,23-36,38-40,48-54H,10-20H2,1-8H3,(H,55,56)(H,57,58)/t21-,23+,24+,25+,26-,27-,28-,29-,30+,31+,32+,33-,34-,35-,36+,38-,39-,40+,44-,45+,46+,47-/m0/s1. The van der Waals surface area contributed by atoms with Crippen LogP contribution in [0.15, 0.2) is 11.6 Å². The van der Waals surface area contributed by atoms with Gasteiger partial charge in [0.1, 0.15) is 54.9 Å². The number of aliphatic hydroxyl groups excluding tert-OH is 7. The topological polar surface area (TPSA) is 272 Å². The van der Waals surface area contributed by atoms with E-state index in [2.05, 4.69) is 54.5 Å². The van der Waals surface area contributed by atoms with E-state index in [1.807, 2.05) is 0 Å². The Bertz CT molecular complexity index is 1810. The Balaban J connectivity index is 1.09. The summed E-state index contributed by atoms with van der Waals surface area (Å²) in [5, 5.41) is 96.4. The molecule has 7 fully saturated rings. The second-order valence-corrected chi connectivity index (χ2v) is 23.0. The molecule has 364 valence electrons. The number of aliphatic hydroxyl groups is 7. The number of rotatable bonds is 8. The zero-order chi connectivity index (χ0) is 46.9. The predicted octanol–water partition coefficient (Wildman–Crippen LogP) is 2.47. The van der Waals surface area contributed by atoms with Gasteiger partial charge in [0.05, 0.1) is 24.2 Å². The predicted molar refractivity (Wildman–Crippen MR) is 224 cm³/mol. The van der Waals surface area contributed by atoms with Gasteiger partial charge in [-0.25, -0.2) is 4.79 Å². The molecule has 17 nitrogen and oxygen atoms in total. The SMILES string of the molecule is C[C@@H]1O[C@@H](O[C@H]2[C@H](O)[C@@H](C(=O)O)O[C@@H](O[C@H]3CC[C@@]4(C)[C@H](CC[C@]5(C)[C@H]4CC=C4[C@H]6CC(C)(C)CC[C@]6(C(=O)O)CC[C@]45C)C3(C)C)[C@@H]2O[C@@H]2OC[C@@H](O)[C@H](O)[C@H]2O)[C@H](O)[C@H](O)[C@H]1O. The van der Waals surface area contributed by atoms with Crippen LogP contribution in [0, 0.1) is 50.2 Å². The Morgan fingerprint density at radius 1 is 0.672 bits per heavy atom. The average molecular weight is 911 g/mol. The maximum Gasteiger partial charge on any atom is 0.335 e. The molecule has 9 N–H and O–H groups in total. The lowest BCUT2D eigenvalue weighted by Crippen LogP contribution is -2.68. The number of fused-ring (bicyclic) bond motifs is 7. The Labute approximate surface area is 375 Å². The summed E-state index contributed by atoms with van der Waals surface area (Å²) >= 11 is 0. The fourth-order valence-electron chi connectivity index (χ4n) is 14.8. The molecule has 17 heteroatoms. The number of ether oxygens (including phenoxy) is 6. The third kappa shape index (κ3) is 7.45. The summed E-state index contributed by atoms with van der Waals surface area (Å²) in [6.45, 7) is 17.1. The van der Waals surface area contributed by atoms with E-state index in [0.717, 1.165) is 44.9 Å². The fraction of sp³-hybridized carbons (Fsp3) is 0.915. The molecule has 0 aromatic rings. The van der Waals surface area contributed by atoms with Crippen molar-refractivity contribution >= 4 is 11.9 Å². The Kier molecular flexibility index (Phi) is 12.7. The highest BCUT2D eigenvalue weighted by atomic mass is 16.8. The van der Waals surface area contributed by atoms with Gasteiger partial charge in [-0.05, 0) is 116 Å². The Hall–Kier alpha value is -1.84. The lowest BCUT2D eigenvalue weighted by atomic mass is 9.33. The maximum atomic E-state index is 13.2. The number of hydrogen-bond donors (Lipinski definition) is 9. The van der Waals surface area contributed by atoms with Crippen molar-refractivity contribution < 1.29 is 84.0 Å². The quantitative estimate of drug-likeness (QED) is 0.125. The molecule has 0 aromatic heterocycles. The Morgan fingerprint density at radius 2 is 1.33 bits per heavy atom. The van der Waals surface area contributed by atoms with Crippen molar-refractivity contribution in [3.05, 3.63) is 11.6 Å². The maximum absolute atomic E-state index is 13.2. The van der Waals surface area contributed by atoms with E-state index in [-0.39, 0.29) is 39.4 Å². The molecular weight excluding hydrogens is 837 g/mol. The monoisotopic (exact) mass is 910 g/mol. The first-order chi connectivity index (χ1) is 29.7. The van der Waals surface area contributed by atoms with Crippen molar-refractivity contribution in [2.45, 2.75) is 212 Å². The number of carboxylic acids is 2. The summed E-state index contributed by atoms with van der Waals surface area (Å²) in [5.41, 5.74) is -0.358. The van der Waals surface area contributed by atoms with Gasteiger partial charge >= 0.3 is 11.9 Å². The van der Waals surface area contributed by atoms with E-state index in [0.29, 0.717) is 19.3 Å². The summed E-state index contributed by atoms with van der Waals surface area (Å²) in [7, 11) is 0.